The Hall–Kier alpha value is -10.0. The van der Waals surface area contributed by atoms with E-state index in [1.165, 1.54) is 83.1 Å². The minimum absolute atomic E-state index is 0.402. The Kier molecular flexibility index (Phi) is 11.5. The maximum Gasteiger partial charge on any atom is 0.136 e. The molecule has 378 valence electrons. The molecule has 13 aromatic rings. The topological polar surface area (TPSA) is 16.4 Å². The third-order valence-electron chi connectivity index (χ3n) is 16.9. The number of allylic oxidation sites excluding steroid dienone is 4. The zero-order valence-corrected chi connectivity index (χ0v) is 44.4. The molecule has 0 radical (unpaired) electrons. The minimum Gasteiger partial charge on any atom is -0.456 e. The number of para-hydroxylation sites is 1. The first-order chi connectivity index (χ1) is 39.5. The lowest BCUT2D eigenvalue weighted by Gasteiger charge is -2.38. The van der Waals surface area contributed by atoms with Crippen LogP contribution in [0.5, 0.6) is 0 Å². The van der Waals surface area contributed by atoms with E-state index in [9.17, 15) is 0 Å². The molecule has 0 aliphatic heterocycles. The summed E-state index contributed by atoms with van der Waals surface area (Å²) in [5.74, 6) is 0.451. The SMILES string of the molecule is CC1C=CC=C(C2(c3ccccc3)c3ccccc3-c3ccc(-c4ccc(N(c5ccc(-c6ccc(-c7cccc(-c8ccc9ccccc9c8)c7)cc6)cc5)c5ccc(-c6cccc7oc8ccccc8c67)cc5)cc4)cc32)C1. The maximum atomic E-state index is 6.32. The van der Waals surface area contributed by atoms with Gasteiger partial charge in [-0.15, -0.1) is 0 Å². The largest absolute Gasteiger partial charge is 0.456 e. The van der Waals surface area contributed by atoms with Crippen LogP contribution >= 0.6 is 0 Å². The van der Waals surface area contributed by atoms with Crippen molar-refractivity contribution in [1.82, 2.24) is 0 Å². The molecule has 0 fully saturated rings. The molecule has 2 atom stereocenters. The van der Waals surface area contributed by atoms with E-state index in [-0.39, 0.29) is 0 Å². The van der Waals surface area contributed by atoms with Crippen LogP contribution in [0.2, 0.25) is 0 Å². The number of anilines is 3. The molecule has 0 spiro atoms. The molecule has 2 nitrogen and oxygen atoms in total. The smallest absolute Gasteiger partial charge is 0.136 e. The molecular formula is C78H55NO. The first kappa shape index (κ1) is 47.2. The van der Waals surface area contributed by atoms with Crippen LogP contribution in [0.15, 0.2) is 307 Å². The Morgan fingerprint density at radius 1 is 0.375 bits per heavy atom. The number of nitrogens with zero attached hydrogens (tertiary/aromatic N) is 1. The Bertz CT molecular complexity index is 4540. The highest BCUT2D eigenvalue weighted by Gasteiger charge is 2.47. The van der Waals surface area contributed by atoms with Crippen LogP contribution in [0.3, 0.4) is 0 Å². The van der Waals surface area contributed by atoms with Gasteiger partial charge in [0.2, 0.25) is 0 Å². The zero-order chi connectivity index (χ0) is 53.2. The second-order valence-corrected chi connectivity index (χ2v) is 21.7. The Labute approximate surface area is 467 Å². The van der Waals surface area contributed by atoms with Gasteiger partial charge in [0.05, 0.1) is 5.41 Å². The predicted octanol–water partition coefficient (Wildman–Crippen LogP) is 21.4. The lowest BCUT2D eigenvalue weighted by Crippen LogP contribution is -2.31. The quantitative estimate of drug-likeness (QED) is 0.136. The summed E-state index contributed by atoms with van der Waals surface area (Å²) in [6.07, 6.45) is 8.00. The van der Waals surface area contributed by atoms with Crippen molar-refractivity contribution in [2.24, 2.45) is 5.92 Å². The number of furan rings is 1. The molecule has 0 saturated carbocycles. The van der Waals surface area contributed by atoms with Gasteiger partial charge >= 0.3 is 0 Å². The number of hydrogen-bond donors (Lipinski definition) is 0. The molecular weight excluding hydrogens is 967 g/mol. The van der Waals surface area contributed by atoms with Gasteiger partial charge < -0.3 is 9.32 Å². The molecule has 80 heavy (non-hydrogen) atoms. The molecule has 1 heterocycles. The normalized spacial score (nSPS) is 15.5. The van der Waals surface area contributed by atoms with Crippen molar-refractivity contribution in [3.8, 4) is 66.8 Å². The lowest BCUT2D eigenvalue weighted by atomic mass is 9.64. The summed E-state index contributed by atoms with van der Waals surface area (Å²) in [6.45, 7) is 2.34. The van der Waals surface area contributed by atoms with Gasteiger partial charge in [-0.1, -0.05) is 243 Å². The van der Waals surface area contributed by atoms with Crippen molar-refractivity contribution < 1.29 is 4.42 Å². The second-order valence-electron chi connectivity index (χ2n) is 21.7. The lowest BCUT2D eigenvalue weighted by molar-refractivity contribution is 0.615. The van der Waals surface area contributed by atoms with Crippen LogP contribution in [0.1, 0.15) is 30.0 Å². The highest BCUT2D eigenvalue weighted by molar-refractivity contribution is 6.12. The van der Waals surface area contributed by atoms with Crippen LogP contribution in [-0.2, 0) is 5.41 Å². The van der Waals surface area contributed by atoms with Gasteiger partial charge in [-0.2, -0.15) is 0 Å². The van der Waals surface area contributed by atoms with Gasteiger partial charge in [-0.25, -0.2) is 0 Å². The summed E-state index contributed by atoms with van der Waals surface area (Å²) >= 11 is 0. The molecule has 12 aromatic carbocycles. The third kappa shape index (κ3) is 8.02. The van der Waals surface area contributed by atoms with Crippen LogP contribution in [-0.4, -0.2) is 0 Å². The molecule has 1 aromatic heterocycles. The first-order valence-corrected chi connectivity index (χ1v) is 27.9. The van der Waals surface area contributed by atoms with Crippen molar-refractivity contribution in [3.05, 3.63) is 320 Å². The molecule has 0 N–H and O–H groups in total. The van der Waals surface area contributed by atoms with Crippen LogP contribution in [0, 0.1) is 5.92 Å². The van der Waals surface area contributed by atoms with Gasteiger partial charge in [0.15, 0.2) is 0 Å². The fraction of sp³-hybridized carbons (Fsp3) is 0.0513. The Balaban J connectivity index is 0.783. The summed E-state index contributed by atoms with van der Waals surface area (Å²) in [5.41, 5.74) is 24.5. The molecule has 0 bridgehead atoms. The van der Waals surface area contributed by atoms with Gasteiger partial charge in [0.25, 0.3) is 0 Å². The standard InChI is InChI=1S/C78H55NO/c1-52-14-11-21-65(48-52)78(64-19-3-2-4-20-64)73-25-9-7-22-70(73)71-47-40-63(51-74(71)78)57-36-43-67(44-37-57)79(68-45-38-58(39-46-68)69-24-13-27-76-77(69)72-23-8-10-26-75(72)80-76)66-41-34-55(35-42-66)54-28-30-56(31-29-54)60-17-12-18-61(49-60)62-33-32-53-15-5-6-16-59(53)50-62/h2-47,49-52H,48H2,1H3. The van der Waals surface area contributed by atoms with Gasteiger partial charge in [-0.05, 0) is 173 Å². The average Bonchev–Trinajstić information content (AvgIpc) is 4.23. The van der Waals surface area contributed by atoms with E-state index >= 15 is 0 Å². The monoisotopic (exact) mass is 1020 g/mol. The maximum absolute atomic E-state index is 6.32. The van der Waals surface area contributed by atoms with E-state index in [1.807, 2.05) is 12.1 Å². The van der Waals surface area contributed by atoms with Crippen LogP contribution < -0.4 is 4.90 Å². The molecule has 2 aliphatic carbocycles. The summed E-state index contributed by atoms with van der Waals surface area (Å²) in [4.78, 5) is 2.38. The van der Waals surface area contributed by atoms with E-state index in [0.29, 0.717) is 5.92 Å². The van der Waals surface area contributed by atoms with E-state index in [4.69, 9.17) is 4.42 Å². The highest BCUT2D eigenvalue weighted by Crippen LogP contribution is 2.58. The average molecular weight is 1020 g/mol. The van der Waals surface area contributed by atoms with Crippen LogP contribution in [0.25, 0.3) is 99.5 Å². The highest BCUT2D eigenvalue weighted by atomic mass is 16.3. The Morgan fingerprint density at radius 2 is 0.887 bits per heavy atom. The van der Waals surface area contributed by atoms with E-state index < -0.39 is 5.41 Å². The fourth-order valence-electron chi connectivity index (χ4n) is 13.1. The van der Waals surface area contributed by atoms with Crippen molar-refractivity contribution >= 4 is 49.8 Å². The Morgan fingerprint density at radius 3 is 1.61 bits per heavy atom. The van der Waals surface area contributed by atoms with Gasteiger partial charge in [0, 0.05) is 27.8 Å². The molecule has 0 amide bonds. The number of rotatable bonds is 10. The van der Waals surface area contributed by atoms with Gasteiger partial charge in [-0.3, -0.25) is 0 Å². The number of fused-ring (bicyclic) bond motifs is 7. The second kappa shape index (κ2) is 19.5. The molecule has 15 rings (SSSR count). The summed E-state index contributed by atoms with van der Waals surface area (Å²) in [6, 6.07) is 102. The van der Waals surface area contributed by atoms with Crippen molar-refractivity contribution in [3.63, 3.8) is 0 Å². The molecule has 2 heteroatoms. The minimum atomic E-state index is -0.402. The van der Waals surface area contributed by atoms with Crippen LogP contribution in [0.4, 0.5) is 17.1 Å². The fourth-order valence-corrected chi connectivity index (χ4v) is 13.1. The predicted molar refractivity (Wildman–Crippen MR) is 336 cm³/mol. The summed E-state index contributed by atoms with van der Waals surface area (Å²) in [7, 11) is 0. The summed E-state index contributed by atoms with van der Waals surface area (Å²) in [5, 5.41) is 4.77. The first-order valence-electron chi connectivity index (χ1n) is 27.9. The number of hydrogen-bond acceptors (Lipinski definition) is 2. The molecule has 2 unspecified atom stereocenters. The van der Waals surface area contributed by atoms with Crippen molar-refractivity contribution in [1.29, 1.82) is 0 Å². The van der Waals surface area contributed by atoms with E-state index in [1.54, 1.807) is 0 Å². The number of benzene rings is 12. The van der Waals surface area contributed by atoms with Crippen molar-refractivity contribution in [2.45, 2.75) is 18.8 Å². The summed E-state index contributed by atoms with van der Waals surface area (Å²) < 4.78 is 6.32. The third-order valence-corrected chi connectivity index (χ3v) is 16.9. The van der Waals surface area contributed by atoms with E-state index in [2.05, 4.69) is 297 Å². The molecule has 2 aliphatic rings. The van der Waals surface area contributed by atoms with E-state index in [0.717, 1.165) is 62.1 Å². The van der Waals surface area contributed by atoms with Crippen molar-refractivity contribution in [2.75, 3.05) is 4.90 Å². The van der Waals surface area contributed by atoms with Gasteiger partial charge in [0.1, 0.15) is 11.2 Å². The molecule has 0 saturated heterocycles. The zero-order valence-electron chi connectivity index (χ0n) is 44.4.